The van der Waals surface area contributed by atoms with Gasteiger partial charge in [-0.15, -0.1) is 0 Å². The van der Waals surface area contributed by atoms with Crippen LogP contribution in [0.4, 0.5) is 17.1 Å². The number of carbonyl (C=O) groups excluding carboxylic acids is 3. The molecule has 0 aromatic heterocycles. The first-order chi connectivity index (χ1) is 27.5. The average Bonchev–Trinajstić information content (AvgIpc) is 3.95. The van der Waals surface area contributed by atoms with E-state index in [9.17, 15) is 14.7 Å². The molecular formula is C46H46BrN3O6Si. The molecule has 292 valence electrons. The number of halogens is 1. The van der Waals surface area contributed by atoms with Crippen LogP contribution < -0.4 is 19.7 Å². The number of hydrogen-bond donors (Lipinski definition) is 1. The van der Waals surface area contributed by atoms with Crippen LogP contribution >= 0.6 is 15.9 Å². The van der Waals surface area contributed by atoms with Gasteiger partial charge in [0.15, 0.2) is 5.60 Å². The van der Waals surface area contributed by atoms with E-state index >= 15 is 4.79 Å². The Kier molecular flexibility index (Phi) is 9.42. The standard InChI is InChI=1S/C46H46BrN3O6Si/c1-28-43(57(3,4)35-19-17-34(55-2)18-20-35)40(25-41(52)48-22-8-13-33(48)27-51)56-46(28)37-24-31(47)16-21-38(37)49(45(46)54)26-29-9-5-12-32(23-29)50-39-15-7-11-30-10-6-14-36(42(30)39)44(50)53/h5-7,9-12,14-21,23-24,28,33,40,43,51H,8,13,22,25-27H2,1-4H3/t28-,33+,40+,43-,46+/m1/s1. The molecule has 57 heavy (non-hydrogen) atoms. The summed E-state index contributed by atoms with van der Waals surface area (Å²) in [6.45, 7) is 7.54. The topological polar surface area (TPSA) is 99.6 Å². The molecule has 5 aromatic rings. The predicted octanol–water partition coefficient (Wildman–Crippen LogP) is 8.04. The highest BCUT2D eigenvalue weighted by Gasteiger charge is 2.66. The summed E-state index contributed by atoms with van der Waals surface area (Å²) in [6.07, 6.45) is 1.20. The SMILES string of the molecule is COc1ccc([Si](C)(C)[C@H]2[C@H](CC(=O)N3CCC[C@H]3CO)O[C@@]3(C(=O)N(Cc4cccc(N5C(=O)c6cccc7cccc5c67)c4)c4ccc(Br)cc43)[C@@H]2C)cc1. The molecule has 5 aromatic carbocycles. The molecule has 0 unspecified atom stereocenters. The van der Waals surface area contributed by atoms with Gasteiger partial charge in [-0.3, -0.25) is 19.3 Å². The first-order valence-electron chi connectivity index (χ1n) is 19.8. The minimum absolute atomic E-state index is 0.0479. The van der Waals surface area contributed by atoms with Crippen LogP contribution in [0.1, 0.15) is 47.7 Å². The molecule has 0 radical (unpaired) electrons. The molecule has 1 N–H and O–H groups in total. The number of rotatable bonds is 9. The van der Waals surface area contributed by atoms with Crippen LogP contribution in [-0.2, 0) is 26.5 Å². The fourth-order valence-corrected chi connectivity index (χ4v) is 14.8. The number of methoxy groups -OCH3 is 1. The summed E-state index contributed by atoms with van der Waals surface area (Å²) in [5.41, 5.74) is 3.23. The lowest BCUT2D eigenvalue weighted by Crippen LogP contribution is -2.52. The van der Waals surface area contributed by atoms with Crippen LogP contribution in [0, 0.1) is 5.92 Å². The summed E-state index contributed by atoms with van der Waals surface area (Å²) >= 11 is 3.71. The number of fused-ring (bicyclic) bond motifs is 2. The fraction of sp³-hybridized carbons (Fsp3) is 0.326. The van der Waals surface area contributed by atoms with Gasteiger partial charge >= 0.3 is 0 Å². The van der Waals surface area contributed by atoms with Gasteiger partial charge in [-0.25, -0.2) is 0 Å². The second-order valence-corrected chi connectivity index (χ2v) is 22.1. The number of hydrogen-bond acceptors (Lipinski definition) is 6. The summed E-state index contributed by atoms with van der Waals surface area (Å²) < 4.78 is 13.6. The van der Waals surface area contributed by atoms with Crippen molar-refractivity contribution < 1.29 is 29.0 Å². The Morgan fingerprint density at radius 2 is 1.72 bits per heavy atom. The maximum Gasteiger partial charge on any atom is 0.264 e. The van der Waals surface area contributed by atoms with E-state index in [0.717, 1.165) is 62.0 Å². The van der Waals surface area contributed by atoms with Crippen molar-refractivity contribution in [2.45, 2.75) is 69.1 Å². The van der Waals surface area contributed by atoms with E-state index in [-0.39, 0.29) is 54.8 Å². The minimum atomic E-state index is -2.49. The number of amides is 3. The number of likely N-dealkylation sites (tertiary alicyclic amines) is 1. The van der Waals surface area contributed by atoms with E-state index in [1.54, 1.807) is 12.0 Å². The monoisotopic (exact) mass is 843 g/mol. The molecule has 0 aliphatic carbocycles. The molecule has 4 aliphatic heterocycles. The van der Waals surface area contributed by atoms with Gasteiger partial charge in [0, 0.05) is 33.6 Å². The van der Waals surface area contributed by atoms with Crippen molar-refractivity contribution in [2.75, 3.05) is 30.1 Å². The summed E-state index contributed by atoms with van der Waals surface area (Å²) in [5, 5.41) is 13.3. The van der Waals surface area contributed by atoms with E-state index in [0.29, 0.717) is 12.1 Å². The number of benzene rings is 5. The van der Waals surface area contributed by atoms with Crippen LogP contribution in [0.3, 0.4) is 0 Å². The van der Waals surface area contributed by atoms with Crippen LogP contribution in [0.15, 0.2) is 108 Å². The summed E-state index contributed by atoms with van der Waals surface area (Å²) in [4.78, 5) is 48.9. The molecule has 2 fully saturated rings. The average molecular weight is 845 g/mol. The molecule has 2 saturated heterocycles. The van der Waals surface area contributed by atoms with Gasteiger partial charge in [-0.2, -0.15) is 0 Å². The lowest BCUT2D eigenvalue weighted by Gasteiger charge is -2.37. The second kappa shape index (κ2) is 14.2. The quantitative estimate of drug-likeness (QED) is 0.151. The van der Waals surface area contributed by atoms with Gasteiger partial charge in [-0.1, -0.05) is 89.7 Å². The molecule has 0 bridgehead atoms. The Morgan fingerprint density at radius 3 is 2.47 bits per heavy atom. The molecule has 4 heterocycles. The van der Waals surface area contributed by atoms with Gasteiger partial charge in [0.05, 0.1) is 63.8 Å². The number of nitrogens with zero attached hydrogens (tertiary/aromatic N) is 3. The first kappa shape index (κ1) is 37.7. The molecule has 5 atom stereocenters. The molecule has 0 saturated carbocycles. The summed E-state index contributed by atoms with van der Waals surface area (Å²) in [6, 6.07) is 33.6. The molecule has 3 amide bonds. The highest BCUT2D eigenvalue weighted by atomic mass is 79.9. The molecule has 9 rings (SSSR count). The molecule has 11 heteroatoms. The van der Waals surface area contributed by atoms with E-state index < -0.39 is 19.8 Å². The zero-order valence-electron chi connectivity index (χ0n) is 32.6. The fourth-order valence-electron chi connectivity index (χ4n) is 10.4. The first-order valence-corrected chi connectivity index (χ1v) is 23.6. The van der Waals surface area contributed by atoms with Crippen molar-refractivity contribution in [3.8, 4) is 5.75 Å². The van der Waals surface area contributed by atoms with E-state index in [2.05, 4.69) is 48.1 Å². The largest absolute Gasteiger partial charge is 0.497 e. The molecular weight excluding hydrogens is 799 g/mol. The maximum absolute atomic E-state index is 15.5. The lowest BCUT2D eigenvalue weighted by atomic mass is 9.82. The van der Waals surface area contributed by atoms with Crippen molar-refractivity contribution in [1.82, 2.24) is 4.90 Å². The van der Waals surface area contributed by atoms with Gasteiger partial charge < -0.3 is 24.4 Å². The zero-order chi connectivity index (χ0) is 39.8. The molecule has 1 spiro atoms. The summed E-state index contributed by atoms with van der Waals surface area (Å²) in [5.74, 6) is 0.203. The summed E-state index contributed by atoms with van der Waals surface area (Å²) in [7, 11) is -0.835. The van der Waals surface area contributed by atoms with E-state index in [4.69, 9.17) is 9.47 Å². The highest BCUT2D eigenvalue weighted by Crippen LogP contribution is 2.60. The number of carbonyl (C=O) groups is 3. The third-order valence-corrected chi connectivity index (χ3v) is 18.0. The number of anilines is 3. The van der Waals surface area contributed by atoms with Gasteiger partial charge in [0.1, 0.15) is 5.75 Å². The third kappa shape index (κ3) is 5.87. The van der Waals surface area contributed by atoms with Crippen LogP contribution in [0.25, 0.3) is 10.8 Å². The number of ether oxygens (including phenoxy) is 2. The molecule has 9 nitrogen and oxygen atoms in total. The van der Waals surface area contributed by atoms with Crippen molar-refractivity contribution >= 4 is 74.7 Å². The van der Waals surface area contributed by atoms with Gasteiger partial charge in [0.25, 0.3) is 11.8 Å². The van der Waals surface area contributed by atoms with Crippen LogP contribution in [-0.4, -0.2) is 68.2 Å². The Bertz CT molecular complexity index is 2430. The number of aliphatic hydroxyl groups is 1. The zero-order valence-corrected chi connectivity index (χ0v) is 35.2. The van der Waals surface area contributed by atoms with Crippen LogP contribution in [0.2, 0.25) is 18.6 Å². The highest BCUT2D eigenvalue weighted by molar-refractivity contribution is 9.10. The van der Waals surface area contributed by atoms with Crippen molar-refractivity contribution in [1.29, 1.82) is 0 Å². The van der Waals surface area contributed by atoms with Crippen molar-refractivity contribution in [2.24, 2.45) is 5.92 Å². The number of aliphatic hydroxyl groups excluding tert-OH is 1. The third-order valence-electron chi connectivity index (χ3n) is 13.1. The smallest absolute Gasteiger partial charge is 0.264 e. The lowest BCUT2D eigenvalue weighted by molar-refractivity contribution is -0.150. The van der Waals surface area contributed by atoms with Crippen LogP contribution in [0.5, 0.6) is 5.75 Å². The van der Waals surface area contributed by atoms with Crippen molar-refractivity contribution in [3.63, 3.8) is 0 Å². The Labute approximate surface area is 342 Å². The normalized spacial score (nSPS) is 24.0. The maximum atomic E-state index is 15.5. The van der Waals surface area contributed by atoms with E-state index in [1.807, 2.05) is 101 Å². The minimum Gasteiger partial charge on any atom is -0.497 e. The van der Waals surface area contributed by atoms with Crippen molar-refractivity contribution in [3.05, 3.63) is 124 Å². The Balaban J connectivity index is 1.09. The molecule has 4 aliphatic rings. The van der Waals surface area contributed by atoms with E-state index in [1.165, 1.54) is 5.19 Å². The second-order valence-electron chi connectivity index (χ2n) is 16.5. The Morgan fingerprint density at radius 1 is 0.965 bits per heavy atom. The predicted molar refractivity (Wildman–Crippen MR) is 228 cm³/mol. The Hall–Kier alpha value is -4.81. The van der Waals surface area contributed by atoms with Gasteiger partial charge in [-0.05, 0) is 83.9 Å². The van der Waals surface area contributed by atoms with Gasteiger partial charge in [0.2, 0.25) is 5.91 Å².